The predicted octanol–water partition coefficient (Wildman–Crippen LogP) is 3.18. The summed E-state index contributed by atoms with van der Waals surface area (Å²) in [5.74, 6) is -0.0202. The Kier molecular flexibility index (Phi) is 4.68. The molecule has 0 bridgehead atoms. The number of hydrogen-bond donors (Lipinski definition) is 1. The minimum Gasteiger partial charge on any atom is -0.343 e. The van der Waals surface area contributed by atoms with Gasteiger partial charge in [0.05, 0.1) is 0 Å². The van der Waals surface area contributed by atoms with Gasteiger partial charge in [0, 0.05) is 29.3 Å². The minimum absolute atomic E-state index is 0.0202. The highest BCUT2D eigenvalue weighted by molar-refractivity contribution is 9.10. The van der Waals surface area contributed by atoms with Crippen LogP contribution in [0.5, 0.6) is 0 Å². The fourth-order valence-electron chi connectivity index (χ4n) is 2.74. The lowest BCUT2D eigenvalue weighted by atomic mass is 10.00. The molecule has 0 spiro atoms. The summed E-state index contributed by atoms with van der Waals surface area (Å²) in [4.78, 5) is 12.4. The van der Waals surface area contributed by atoms with Crippen molar-refractivity contribution < 1.29 is 4.79 Å². The van der Waals surface area contributed by atoms with Crippen molar-refractivity contribution in [3.63, 3.8) is 0 Å². The Hall–Kier alpha value is -0.810. The Morgan fingerprint density at radius 1 is 1.42 bits per heavy atom. The van der Waals surface area contributed by atoms with Crippen molar-refractivity contribution >= 4 is 21.8 Å². The molecule has 1 aromatic heterocycles. The number of halogens is 1. The number of aromatic nitrogens is 1. The molecular weight excluding hydrogens is 306 g/mol. The largest absolute Gasteiger partial charge is 0.343 e. The second kappa shape index (κ2) is 6.09. The summed E-state index contributed by atoms with van der Waals surface area (Å²) in [6.45, 7) is 7.17. The third kappa shape index (κ3) is 3.20. The summed E-state index contributed by atoms with van der Waals surface area (Å²) in [7, 11) is 0. The van der Waals surface area contributed by atoms with Crippen molar-refractivity contribution in [2.75, 3.05) is 0 Å². The van der Waals surface area contributed by atoms with E-state index in [-0.39, 0.29) is 5.91 Å². The summed E-state index contributed by atoms with van der Waals surface area (Å²) in [5, 5.41) is 2.10. The molecule has 19 heavy (non-hydrogen) atoms. The van der Waals surface area contributed by atoms with Gasteiger partial charge in [-0.2, -0.15) is 0 Å². The molecule has 0 aromatic carbocycles. The number of piperidine rings is 1. The van der Waals surface area contributed by atoms with Crippen LogP contribution in [0.4, 0.5) is 0 Å². The number of aryl methyl sites for hydroxylation is 1. The first-order valence-corrected chi connectivity index (χ1v) is 7.77. The maximum atomic E-state index is 12.4. The van der Waals surface area contributed by atoms with Gasteiger partial charge in [-0.25, -0.2) is 5.01 Å². The molecule has 1 aliphatic heterocycles. The van der Waals surface area contributed by atoms with Crippen molar-refractivity contribution in [1.29, 1.82) is 0 Å². The number of hydrogen-bond acceptors (Lipinski definition) is 2. The van der Waals surface area contributed by atoms with Gasteiger partial charge in [-0.05, 0) is 55.6 Å². The lowest BCUT2D eigenvalue weighted by molar-refractivity contribution is 0.0363. The molecule has 1 N–H and O–H groups in total. The molecule has 1 saturated heterocycles. The average molecular weight is 328 g/mol. The van der Waals surface area contributed by atoms with Crippen molar-refractivity contribution in [3.8, 4) is 0 Å². The third-order valence-corrected chi connectivity index (χ3v) is 4.29. The van der Waals surface area contributed by atoms with Gasteiger partial charge in [-0.1, -0.05) is 6.42 Å². The van der Waals surface area contributed by atoms with Crippen LogP contribution in [0.1, 0.15) is 50.5 Å². The van der Waals surface area contributed by atoms with Gasteiger partial charge >= 0.3 is 0 Å². The van der Waals surface area contributed by atoms with E-state index < -0.39 is 0 Å². The van der Waals surface area contributed by atoms with E-state index in [0.717, 1.165) is 23.9 Å². The van der Waals surface area contributed by atoms with E-state index in [1.807, 2.05) is 23.8 Å². The summed E-state index contributed by atoms with van der Waals surface area (Å²) in [6, 6.07) is 2.68. The molecule has 2 atom stereocenters. The van der Waals surface area contributed by atoms with Crippen LogP contribution in [-0.2, 0) is 6.54 Å². The summed E-state index contributed by atoms with van der Waals surface area (Å²) in [5.41, 5.74) is 3.78. The van der Waals surface area contributed by atoms with E-state index in [1.165, 1.54) is 6.42 Å². The Labute approximate surface area is 123 Å². The fourth-order valence-corrected chi connectivity index (χ4v) is 3.21. The zero-order valence-corrected chi connectivity index (χ0v) is 13.4. The maximum Gasteiger partial charge on any atom is 0.282 e. The summed E-state index contributed by atoms with van der Waals surface area (Å²) >= 11 is 3.43. The average Bonchev–Trinajstić information content (AvgIpc) is 2.75. The van der Waals surface area contributed by atoms with Crippen LogP contribution in [0.25, 0.3) is 0 Å². The van der Waals surface area contributed by atoms with E-state index in [9.17, 15) is 4.79 Å². The first-order valence-electron chi connectivity index (χ1n) is 6.98. The molecular formula is C14H22BrN3O. The van der Waals surface area contributed by atoms with Crippen LogP contribution >= 0.6 is 15.9 Å². The van der Waals surface area contributed by atoms with Gasteiger partial charge in [-0.3, -0.25) is 10.2 Å². The normalized spacial score (nSPS) is 24.4. The van der Waals surface area contributed by atoms with Gasteiger partial charge < -0.3 is 4.57 Å². The molecule has 0 saturated carbocycles. The second-order valence-corrected chi connectivity index (χ2v) is 6.22. The molecule has 0 radical (unpaired) electrons. The highest BCUT2D eigenvalue weighted by Crippen LogP contribution is 2.21. The fraction of sp³-hybridized carbons (Fsp3) is 0.643. The number of carbonyl (C=O) groups excluding carboxylic acids is 1. The number of nitrogens with one attached hydrogen (secondary N) is 1. The van der Waals surface area contributed by atoms with Crippen molar-refractivity contribution in [2.45, 2.75) is 58.7 Å². The smallest absolute Gasteiger partial charge is 0.282 e. The zero-order valence-electron chi connectivity index (χ0n) is 11.8. The summed E-state index contributed by atoms with van der Waals surface area (Å²) < 4.78 is 2.90. The molecule has 1 aliphatic rings. The molecule has 2 rings (SSSR count). The van der Waals surface area contributed by atoms with Gasteiger partial charge in [0.2, 0.25) is 0 Å². The minimum atomic E-state index is -0.0202. The van der Waals surface area contributed by atoms with Crippen LogP contribution in [0, 0.1) is 0 Å². The van der Waals surface area contributed by atoms with E-state index in [4.69, 9.17) is 0 Å². The molecule has 4 nitrogen and oxygen atoms in total. The third-order valence-electron chi connectivity index (χ3n) is 3.86. The van der Waals surface area contributed by atoms with Crippen molar-refractivity contribution in [1.82, 2.24) is 15.0 Å². The lowest BCUT2D eigenvalue weighted by Crippen LogP contribution is -2.54. The van der Waals surface area contributed by atoms with E-state index in [0.29, 0.717) is 17.8 Å². The van der Waals surface area contributed by atoms with Gasteiger partial charge in [0.15, 0.2) is 0 Å². The molecule has 1 amide bonds. The molecule has 2 heterocycles. The molecule has 2 unspecified atom stereocenters. The monoisotopic (exact) mass is 327 g/mol. The van der Waals surface area contributed by atoms with E-state index >= 15 is 0 Å². The predicted molar refractivity (Wildman–Crippen MR) is 79.9 cm³/mol. The number of amides is 1. The van der Waals surface area contributed by atoms with Crippen LogP contribution in [-0.4, -0.2) is 27.6 Å². The standard InChI is InChI=1S/C14H22BrN3O/c1-4-17-9-12(15)8-13(17)14(19)16-18-10(2)6-5-7-11(18)3/h8-11H,4-7H2,1-3H3,(H,16,19). The number of rotatable bonds is 3. The van der Waals surface area contributed by atoms with Gasteiger partial charge in [-0.15, -0.1) is 0 Å². The number of nitrogens with zero attached hydrogens (tertiary/aromatic N) is 2. The van der Waals surface area contributed by atoms with Crippen LogP contribution in [0.2, 0.25) is 0 Å². The van der Waals surface area contributed by atoms with Gasteiger partial charge in [0.25, 0.3) is 5.91 Å². The first kappa shape index (κ1) is 14.6. The molecule has 106 valence electrons. The molecule has 1 fully saturated rings. The van der Waals surface area contributed by atoms with Gasteiger partial charge in [0.1, 0.15) is 5.69 Å². The maximum absolute atomic E-state index is 12.4. The second-order valence-electron chi connectivity index (χ2n) is 5.31. The van der Waals surface area contributed by atoms with Crippen LogP contribution in [0.3, 0.4) is 0 Å². The van der Waals surface area contributed by atoms with E-state index in [2.05, 4.69) is 40.2 Å². The Morgan fingerprint density at radius 3 is 2.63 bits per heavy atom. The van der Waals surface area contributed by atoms with Crippen molar-refractivity contribution in [2.24, 2.45) is 0 Å². The SMILES string of the molecule is CCn1cc(Br)cc1C(=O)NN1C(C)CCCC1C. The lowest BCUT2D eigenvalue weighted by Gasteiger charge is -2.38. The molecule has 5 heteroatoms. The quantitative estimate of drug-likeness (QED) is 0.925. The Morgan fingerprint density at radius 2 is 2.05 bits per heavy atom. The highest BCUT2D eigenvalue weighted by Gasteiger charge is 2.27. The van der Waals surface area contributed by atoms with E-state index in [1.54, 1.807) is 0 Å². The molecule has 0 aliphatic carbocycles. The van der Waals surface area contributed by atoms with Crippen LogP contribution in [0.15, 0.2) is 16.7 Å². The number of hydrazine groups is 1. The number of carbonyl (C=O) groups is 1. The highest BCUT2D eigenvalue weighted by atomic mass is 79.9. The Balaban J connectivity index is 2.11. The van der Waals surface area contributed by atoms with Crippen LogP contribution < -0.4 is 5.43 Å². The Bertz CT molecular complexity index is 448. The topological polar surface area (TPSA) is 37.3 Å². The van der Waals surface area contributed by atoms with Crippen molar-refractivity contribution in [3.05, 3.63) is 22.4 Å². The summed E-state index contributed by atoms with van der Waals surface area (Å²) in [6.07, 6.45) is 5.47. The zero-order chi connectivity index (χ0) is 14.0. The first-order chi connectivity index (χ1) is 9.02. The molecule has 1 aromatic rings.